The third-order valence-corrected chi connectivity index (χ3v) is 3.16. The molecular weight excluding hydrogens is 366 g/mol. The van der Waals surface area contributed by atoms with Crippen LogP contribution in [0.1, 0.15) is 17.4 Å². The predicted octanol–water partition coefficient (Wildman–Crippen LogP) is 3.22. The first-order valence-corrected chi connectivity index (χ1v) is 7.12. The summed E-state index contributed by atoms with van der Waals surface area (Å²) in [6.45, 7) is -1.22. The lowest BCUT2D eigenvalue weighted by Crippen LogP contribution is -2.13. The number of halogens is 3. The number of alkyl halides is 2. The molecular formula is C13H11ClF2N4O5. The van der Waals surface area contributed by atoms with Crippen molar-refractivity contribution >= 4 is 29.0 Å². The number of anilines is 1. The van der Waals surface area contributed by atoms with Crippen LogP contribution in [0.2, 0.25) is 5.02 Å². The van der Waals surface area contributed by atoms with Crippen LogP contribution < -0.4 is 14.8 Å². The Hall–Kier alpha value is -2.95. The van der Waals surface area contributed by atoms with Crippen LogP contribution in [0.25, 0.3) is 0 Å². The molecule has 12 heteroatoms. The van der Waals surface area contributed by atoms with Gasteiger partial charge in [0.15, 0.2) is 22.2 Å². The van der Waals surface area contributed by atoms with Crippen molar-refractivity contribution in [2.75, 3.05) is 11.9 Å². The molecule has 0 aliphatic heterocycles. The molecule has 9 nitrogen and oxygen atoms in total. The fourth-order valence-electron chi connectivity index (χ4n) is 1.83. The van der Waals surface area contributed by atoms with Crippen molar-refractivity contribution in [2.24, 2.45) is 0 Å². The van der Waals surface area contributed by atoms with Crippen LogP contribution in [-0.2, 0) is 0 Å². The molecule has 0 fully saturated rings. The van der Waals surface area contributed by atoms with E-state index in [0.29, 0.717) is 0 Å². The van der Waals surface area contributed by atoms with Crippen molar-refractivity contribution in [3.63, 3.8) is 0 Å². The topological polar surface area (TPSA) is 119 Å². The molecule has 2 N–H and O–H groups in total. The maximum absolute atomic E-state index is 12.4. The fraction of sp³-hybridized carbons (Fsp3) is 0.231. The van der Waals surface area contributed by atoms with Crippen LogP contribution in [0.5, 0.6) is 11.5 Å². The number of nitrogens with one attached hydrogen (secondary N) is 2. The number of hydrogen-bond donors (Lipinski definition) is 2. The zero-order valence-electron chi connectivity index (χ0n) is 12.6. The first kappa shape index (κ1) is 18.4. The number of aromatic nitrogens is 2. The monoisotopic (exact) mass is 376 g/mol. The van der Waals surface area contributed by atoms with Gasteiger partial charge in [-0.3, -0.25) is 4.79 Å². The largest absolute Gasteiger partial charge is 0.490 e. The SMILES string of the molecule is CCOc1cc(NC(=O)c2n[nH]c([N+](=O)[O-])c2Cl)ccc1OC(F)F. The van der Waals surface area contributed by atoms with Gasteiger partial charge in [-0.15, -0.1) is 5.10 Å². The third-order valence-electron chi connectivity index (χ3n) is 2.80. The van der Waals surface area contributed by atoms with Gasteiger partial charge in [-0.05, 0) is 24.0 Å². The Morgan fingerprint density at radius 3 is 2.76 bits per heavy atom. The smallest absolute Gasteiger partial charge is 0.387 e. The van der Waals surface area contributed by atoms with Crippen molar-refractivity contribution in [3.8, 4) is 11.5 Å². The van der Waals surface area contributed by atoms with Crippen molar-refractivity contribution in [3.05, 3.63) is 39.0 Å². The molecule has 2 rings (SSSR count). The van der Waals surface area contributed by atoms with Gasteiger partial charge in [-0.25, -0.2) is 0 Å². The van der Waals surface area contributed by atoms with E-state index >= 15 is 0 Å². The van der Waals surface area contributed by atoms with Crippen molar-refractivity contribution < 1.29 is 28.0 Å². The average molecular weight is 377 g/mol. The van der Waals surface area contributed by atoms with Gasteiger partial charge in [0.05, 0.1) is 6.61 Å². The molecule has 25 heavy (non-hydrogen) atoms. The summed E-state index contributed by atoms with van der Waals surface area (Å²) in [5, 5.41) is 18.1. The highest BCUT2D eigenvalue weighted by Crippen LogP contribution is 2.32. The van der Waals surface area contributed by atoms with E-state index in [1.807, 2.05) is 5.10 Å². The number of hydrogen-bond acceptors (Lipinski definition) is 6. The number of rotatable bonds is 7. The first-order chi connectivity index (χ1) is 11.8. The second kappa shape index (κ2) is 7.75. The number of aromatic amines is 1. The summed E-state index contributed by atoms with van der Waals surface area (Å²) in [4.78, 5) is 22.0. The summed E-state index contributed by atoms with van der Waals surface area (Å²) < 4.78 is 34.2. The van der Waals surface area contributed by atoms with E-state index < -0.39 is 28.3 Å². The third kappa shape index (κ3) is 4.32. The molecule has 1 amide bonds. The Labute approximate surface area is 144 Å². The Balaban J connectivity index is 2.23. The number of carbonyl (C=O) groups excluding carboxylic acids is 1. The Bertz CT molecular complexity index is 799. The van der Waals surface area contributed by atoms with Gasteiger partial charge in [0.25, 0.3) is 5.91 Å². The Morgan fingerprint density at radius 1 is 1.48 bits per heavy atom. The van der Waals surface area contributed by atoms with Crippen LogP contribution in [0, 0.1) is 10.1 Å². The van der Waals surface area contributed by atoms with E-state index in [1.54, 1.807) is 6.92 Å². The molecule has 0 aliphatic carbocycles. The lowest BCUT2D eigenvalue weighted by atomic mass is 10.2. The molecule has 0 saturated carbocycles. The van der Waals surface area contributed by atoms with Gasteiger partial charge in [0.2, 0.25) is 0 Å². The lowest BCUT2D eigenvalue weighted by Gasteiger charge is -2.13. The minimum Gasteiger partial charge on any atom is -0.490 e. The molecule has 1 aromatic heterocycles. The second-order valence-corrected chi connectivity index (χ2v) is 4.80. The van der Waals surface area contributed by atoms with Gasteiger partial charge in [-0.2, -0.15) is 8.78 Å². The normalized spacial score (nSPS) is 10.6. The summed E-state index contributed by atoms with van der Waals surface area (Å²) in [6.07, 6.45) is 0. The van der Waals surface area contributed by atoms with E-state index in [0.717, 1.165) is 0 Å². The van der Waals surface area contributed by atoms with Gasteiger partial charge >= 0.3 is 12.4 Å². The molecule has 134 valence electrons. The number of amides is 1. The summed E-state index contributed by atoms with van der Waals surface area (Å²) in [6, 6.07) is 3.72. The van der Waals surface area contributed by atoms with E-state index in [4.69, 9.17) is 16.3 Å². The predicted molar refractivity (Wildman–Crippen MR) is 82.4 cm³/mol. The molecule has 0 spiro atoms. The minimum atomic E-state index is -3.04. The Morgan fingerprint density at radius 2 is 2.20 bits per heavy atom. The highest BCUT2D eigenvalue weighted by Gasteiger charge is 2.25. The molecule has 0 atom stereocenters. The van der Waals surface area contributed by atoms with E-state index in [-0.39, 0.29) is 29.5 Å². The fourth-order valence-corrected chi connectivity index (χ4v) is 2.07. The second-order valence-electron chi connectivity index (χ2n) is 4.42. The maximum Gasteiger partial charge on any atom is 0.387 e. The van der Waals surface area contributed by atoms with Crippen LogP contribution in [0.15, 0.2) is 18.2 Å². The number of ether oxygens (including phenoxy) is 2. The number of nitro groups is 1. The van der Waals surface area contributed by atoms with Crippen molar-refractivity contribution in [2.45, 2.75) is 13.5 Å². The quantitative estimate of drug-likeness (QED) is 0.565. The van der Waals surface area contributed by atoms with E-state index in [2.05, 4.69) is 15.2 Å². The van der Waals surface area contributed by atoms with Gasteiger partial charge < -0.3 is 24.9 Å². The van der Waals surface area contributed by atoms with Crippen LogP contribution in [-0.4, -0.2) is 34.2 Å². The standard InChI is InChI=1S/C13H11ClF2N4O5/c1-2-24-8-5-6(3-4-7(8)25-13(15)16)17-12(21)10-9(14)11(19-18-10)20(22)23/h3-5,13H,2H2,1H3,(H,17,21)(H,18,19). The molecule has 2 aromatic rings. The summed E-state index contributed by atoms with van der Waals surface area (Å²) >= 11 is 5.72. The Kier molecular flexibility index (Phi) is 5.70. The summed E-state index contributed by atoms with van der Waals surface area (Å²) in [5.41, 5.74) is -0.226. The molecule has 1 aromatic carbocycles. The number of H-pyrrole nitrogens is 1. The molecule has 0 radical (unpaired) electrons. The van der Waals surface area contributed by atoms with Gasteiger partial charge in [0, 0.05) is 11.8 Å². The van der Waals surface area contributed by atoms with E-state index in [1.165, 1.54) is 18.2 Å². The summed E-state index contributed by atoms with van der Waals surface area (Å²) in [5.74, 6) is -1.68. The molecule has 1 heterocycles. The number of carbonyl (C=O) groups is 1. The summed E-state index contributed by atoms with van der Waals surface area (Å²) in [7, 11) is 0. The molecule has 0 unspecified atom stereocenters. The van der Waals surface area contributed by atoms with E-state index in [9.17, 15) is 23.7 Å². The number of nitrogens with zero attached hydrogens (tertiary/aromatic N) is 2. The zero-order chi connectivity index (χ0) is 18.6. The first-order valence-electron chi connectivity index (χ1n) is 6.74. The highest BCUT2D eigenvalue weighted by molar-refractivity contribution is 6.35. The van der Waals surface area contributed by atoms with Gasteiger partial charge in [0.1, 0.15) is 0 Å². The van der Waals surface area contributed by atoms with Crippen LogP contribution >= 0.6 is 11.6 Å². The number of benzene rings is 1. The average Bonchev–Trinajstić information content (AvgIpc) is 2.91. The van der Waals surface area contributed by atoms with Crippen molar-refractivity contribution in [1.29, 1.82) is 0 Å². The molecule has 0 saturated heterocycles. The minimum absolute atomic E-state index is 0.0142. The van der Waals surface area contributed by atoms with Crippen LogP contribution in [0.3, 0.4) is 0 Å². The highest BCUT2D eigenvalue weighted by atomic mass is 35.5. The molecule has 0 aliphatic rings. The van der Waals surface area contributed by atoms with Crippen molar-refractivity contribution in [1.82, 2.24) is 10.2 Å². The van der Waals surface area contributed by atoms with Crippen LogP contribution in [0.4, 0.5) is 20.3 Å². The maximum atomic E-state index is 12.4. The molecule has 0 bridgehead atoms. The lowest BCUT2D eigenvalue weighted by molar-refractivity contribution is -0.389. The van der Waals surface area contributed by atoms with Gasteiger partial charge in [-0.1, -0.05) is 16.7 Å². The zero-order valence-corrected chi connectivity index (χ0v) is 13.3.